The van der Waals surface area contributed by atoms with E-state index in [1.165, 1.54) is 17.0 Å². The van der Waals surface area contributed by atoms with Crippen molar-refractivity contribution in [1.29, 1.82) is 0 Å². The minimum atomic E-state index is -0.968. The summed E-state index contributed by atoms with van der Waals surface area (Å²) in [4.78, 5) is 34.9. The Labute approximate surface area is 144 Å². The largest absolute Gasteiger partial charge is 0.361 e. The molecule has 1 aromatic carbocycles. The highest BCUT2D eigenvalue weighted by Gasteiger charge is 2.26. The van der Waals surface area contributed by atoms with E-state index in [2.05, 4.69) is 9.97 Å². The third-order valence-corrected chi connectivity index (χ3v) is 4.10. The van der Waals surface area contributed by atoms with Crippen molar-refractivity contribution in [2.24, 2.45) is 5.73 Å². The highest BCUT2D eigenvalue weighted by molar-refractivity contribution is 6.34. The standard InChI is InChI=1S/C17H18FN5O2/c1-2-23(13-5-3-4-12(18)8-13)17-20-9-11-10-22(16(25)15(19)24)7-6-14(11)21-17/h3-5,8-9H,2,6-7,10H2,1H3,(H2,19,24). The molecule has 1 aliphatic rings. The van der Waals surface area contributed by atoms with E-state index < -0.39 is 11.8 Å². The van der Waals surface area contributed by atoms with Crippen molar-refractivity contribution in [3.8, 4) is 0 Å². The molecule has 0 fully saturated rings. The minimum Gasteiger partial charge on any atom is -0.361 e. The zero-order chi connectivity index (χ0) is 18.0. The fourth-order valence-electron chi connectivity index (χ4n) is 2.85. The smallest absolute Gasteiger partial charge is 0.311 e. The van der Waals surface area contributed by atoms with Crippen molar-refractivity contribution in [2.45, 2.75) is 19.9 Å². The van der Waals surface area contributed by atoms with Gasteiger partial charge in [-0.25, -0.2) is 14.4 Å². The van der Waals surface area contributed by atoms with Gasteiger partial charge in [0.1, 0.15) is 5.82 Å². The van der Waals surface area contributed by atoms with Gasteiger partial charge in [-0.05, 0) is 25.1 Å². The average Bonchev–Trinajstić information content (AvgIpc) is 2.61. The van der Waals surface area contributed by atoms with Gasteiger partial charge in [-0.1, -0.05) is 6.07 Å². The maximum atomic E-state index is 13.5. The molecule has 0 atom stereocenters. The van der Waals surface area contributed by atoms with Crippen LogP contribution in [0.4, 0.5) is 16.0 Å². The molecular formula is C17H18FN5O2. The lowest BCUT2D eigenvalue weighted by molar-refractivity contribution is -0.144. The third kappa shape index (κ3) is 3.42. The molecule has 0 saturated carbocycles. The van der Waals surface area contributed by atoms with Crippen LogP contribution in [-0.4, -0.2) is 39.8 Å². The summed E-state index contributed by atoms with van der Waals surface area (Å²) in [6, 6.07) is 6.25. The lowest BCUT2D eigenvalue weighted by Gasteiger charge is -2.28. The number of benzene rings is 1. The molecule has 1 aromatic heterocycles. The quantitative estimate of drug-likeness (QED) is 0.844. The Morgan fingerprint density at radius 1 is 1.40 bits per heavy atom. The fraction of sp³-hybridized carbons (Fsp3) is 0.294. The SMILES string of the molecule is CCN(c1cccc(F)c1)c1ncc2c(n1)CCN(C(=O)C(N)=O)C2. The number of carbonyl (C=O) groups excluding carboxylic acids is 2. The van der Waals surface area contributed by atoms with Crippen molar-refractivity contribution >= 4 is 23.5 Å². The van der Waals surface area contributed by atoms with E-state index in [4.69, 9.17) is 5.73 Å². The molecule has 1 aliphatic heterocycles. The van der Waals surface area contributed by atoms with Gasteiger partial charge < -0.3 is 15.5 Å². The van der Waals surface area contributed by atoms with Crippen LogP contribution in [0.15, 0.2) is 30.5 Å². The van der Waals surface area contributed by atoms with E-state index >= 15 is 0 Å². The zero-order valence-electron chi connectivity index (χ0n) is 13.8. The molecule has 0 bridgehead atoms. The molecule has 0 aliphatic carbocycles. The van der Waals surface area contributed by atoms with E-state index in [1.54, 1.807) is 18.3 Å². The van der Waals surface area contributed by atoms with Crippen LogP contribution in [0, 0.1) is 5.82 Å². The Balaban J connectivity index is 1.87. The topological polar surface area (TPSA) is 92.4 Å². The molecule has 0 saturated heterocycles. The first-order chi connectivity index (χ1) is 12.0. The van der Waals surface area contributed by atoms with Gasteiger partial charge in [0, 0.05) is 43.5 Å². The van der Waals surface area contributed by atoms with Crippen LogP contribution in [0.25, 0.3) is 0 Å². The van der Waals surface area contributed by atoms with Crippen molar-refractivity contribution in [3.05, 3.63) is 47.5 Å². The average molecular weight is 343 g/mol. The molecular weight excluding hydrogens is 325 g/mol. The van der Waals surface area contributed by atoms with Gasteiger partial charge in [0.2, 0.25) is 5.95 Å². The number of carbonyl (C=O) groups is 2. The number of rotatable bonds is 3. The second kappa shape index (κ2) is 6.84. The lowest BCUT2D eigenvalue weighted by Crippen LogP contribution is -2.43. The highest BCUT2D eigenvalue weighted by Crippen LogP contribution is 2.25. The van der Waals surface area contributed by atoms with Crippen LogP contribution in [0.5, 0.6) is 0 Å². The number of nitrogens with two attached hydrogens (primary N) is 1. The number of nitrogens with zero attached hydrogens (tertiary/aromatic N) is 4. The molecule has 7 nitrogen and oxygen atoms in total. The molecule has 2 N–H and O–H groups in total. The normalized spacial score (nSPS) is 13.3. The van der Waals surface area contributed by atoms with Gasteiger partial charge in [-0.3, -0.25) is 9.59 Å². The molecule has 0 spiro atoms. The van der Waals surface area contributed by atoms with Crippen LogP contribution in [0.2, 0.25) is 0 Å². The summed E-state index contributed by atoms with van der Waals surface area (Å²) in [5.74, 6) is -1.52. The van der Waals surface area contributed by atoms with E-state index in [9.17, 15) is 14.0 Å². The van der Waals surface area contributed by atoms with Gasteiger partial charge in [-0.2, -0.15) is 0 Å². The molecule has 0 unspecified atom stereocenters. The van der Waals surface area contributed by atoms with Gasteiger partial charge >= 0.3 is 11.8 Å². The predicted molar refractivity (Wildman–Crippen MR) is 89.4 cm³/mol. The fourth-order valence-corrected chi connectivity index (χ4v) is 2.85. The van der Waals surface area contributed by atoms with E-state index in [0.717, 1.165) is 11.3 Å². The number of hydrogen-bond acceptors (Lipinski definition) is 5. The van der Waals surface area contributed by atoms with Crippen LogP contribution in [0.1, 0.15) is 18.2 Å². The second-order valence-corrected chi connectivity index (χ2v) is 5.71. The Bertz CT molecular complexity index is 826. The third-order valence-electron chi connectivity index (χ3n) is 4.10. The number of amides is 2. The molecule has 2 aromatic rings. The molecule has 2 amide bonds. The first kappa shape index (κ1) is 16.8. The Morgan fingerprint density at radius 2 is 2.20 bits per heavy atom. The summed E-state index contributed by atoms with van der Waals surface area (Å²) in [6.07, 6.45) is 2.14. The van der Waals surface area contributed by atoms with E-state index in [1.807, 2.05) is 11.8 Å². The lowest BCUT2D eigenvalue weighted by atomic mass is 10.1. The molecule has 0 radical (unpaired) electrons. The van der Waals surface area contributed by atoms with Gasteiger partial charge in [0.15, 0.2) is 0 Å². The molecule has 3 rings (SSSR count). The van der Waals surface area contributed by atoms with Gasteiger partial charge in [-0.15, -0.1) is 0 Å². The first-order valence-corrected chi connectivity index (χ1v) is 7.96. The van der Waals surface area contributed by atoms with Crippen molar-refractivity contribution in [2.75, 3.05) is 18.0 Å². The Morgan fingerprint density at radius 3 is 2.88 bits per heavy atom. The number of hydrogen-bond donors (Lipinski definition) is 1. The maximum Gasteiger partial charge on any atom is 0.311 e. The highest BCUT2D eigenvalue weighted by atomic mass is 19.1. The van der Waals surface area contributed by atoms with E-state index in [0.29, 0.717) is 31.1 Å². The zero-order valence-corrected chi connectivity index (χ0v) is 13.8. The summed E-state index contributed by atoms with van der Waals surface area (Å²) in [6.45, 7) is 3.14. The molecule has 8 heteroatoms. The summed E-state index contributed by atoms with van der Waals surface area (Å²) in [7, 11) is 0. The Hall–Kier alpha value is -3.03. The van der Waals surface area contributed by atoms with Crippen molar-refractivity contribution in [1.82, 2.24) is 14.9 Å². The van der Waals surface area contributed by atoms with Crippen LogP contribution < -0.4 is 10.6 Å². The van der Waals surface area contributed by atoms with Crippen molar-refractivity contribution < 1.29 is 14.0 Å². The summed E-state index contributed by atoms with van der Waals surface area (Å²) in [5, 5.41) is 0. The van der Waals surface area contributed by atoms with Crippen LogP contribution in [0.3, 0.4) is 0 Å². The molecule has 2 heterocycles. The van der Waals surface area contributed by atoms with Crippen LogP contribution >= 0.6 is 0 Å². The number of halogens is 1. The number of primary amides is 1. The minimum absolute atomic E-state index is 0.253. The monoisotopic (exact) mass is 343 g/mol. The van der Waals surface area contributed by atoms with Gasteiger partial charge in [0.25, 0.3) is 0 Å². The summed E-state index contributed by atoms with van der Waals surface area (Å²) in [5.41, 5.74) is 7.31. The molecule has 130 valence electrons. The van der Waals surface area contributed by atoms with E-state index in [-0.39, 0.29) is 12.4 Å². The summed E-state index contributed by atoms with van der Waals surface area (Å²) < 4.78 is 13.5. The maximum absolute atomic E-state index is 13.5. The number of anilines is 2. The predicted octanol–water partition coefficient (Wildman–Crippen LogP) is 1.14. The summed E-state index contributed by atoms with van der Waals surface area (Å²) >= 11 is 0. The number of aromatic nitrogens is 2. The van der Waals surface area contributed by atoms with Crippen LogP contribution in [-0.2, 0) is 22.6 Å². The van der Waals surface area contributed by atoms with Gasteiger partial charge in [0.05, 0.1) is 5.69 Å². The Kier molecular flexibility index (Phi) is 4.60. The first-order valence-electron chi connectivity index (χ1n) is 7.96. The second-order valence-electron chi connectivity index (χ2n) is 5.71. The molecule has 25 heavy (non-hydrogen) atoms. The van der Waals surface area contributed by atoms with Crippen molar-refractivity contribution in [3.63, 3.8) is 0 Å². The number of fused-ring (bicyclic) bond motifs is 1.